The molecule has 0 saturated carbocycles. The second-order valence-electron chi connectivity index (χ2n) is 6.70. The average molecular weight is 354 g/mol. The predicted molar refractivity (Wildman–Crippen MR) is 113 cm³/mol. The molecule has 2 N–H and O–H groups in total. The Kier molecular flexibility index (Phi) is 4.71. The Morgan fingerprint density at radius 3 is 2.41 bits per heavy atom. The van der Waals surface area contributed by atoms with Gasteiger partial charge in [-0.05, 0) is 43.2 Å². The largest absolute Gasteiger partial charge is 0.365 e. The molecule has 0 fully saturated rings. The molecule has 0 atom stereocenters. The fourth-order valence-electron chi connectivity index (χ4n) is 3.12. The van der Waals surface area contributed by atoms with Crippen LogP contribution >= 0.6 is 0 Å². The van der Waals surface area contributed by atoms with E-state index in [0.717, 1.165) is 22.4 Å². The number of nitrogens with one attached hydrogen (secondary N) is 2. The zero-order chi connectivity index (χ0) is 18.6. The van der Waals surface area contributed by atoms with Crippen LogP contribution in [0.4, 0.5) is 17.5 Å². The van der Waals surface area contributed by atoms with Gasteiger partial charge in [-0.3, -0.25) is 0 Å². The quantitative estimate of drug-likeness (QED) is 0.489. The molecule has 134 valence electrons. The molecular weight excluding hydrogens is 332 g/mol. The number of aromatic nitrogens is 2. The molecule has 4 nitrogen and oxygen atoms in total. The highest BCUT2D eigenvalue weighted by Gasteiger charge is 2.09. The standard InChI is InChI=1S/C23H22N4/c1-16-12-13-20(17(2)14-16)25-23-26-21-11-7-6-10-19(21)22(27-23)24-15-18-8-4-3-5-9-18/h3-14H,15H2,1-2H3,(H2,24,25,26,27). The Labute approximate surface area is 159 Å². The highest BCUT2D eigenvalue weighted by molar-refractivity contribution is 5.90. The Morgan fingerprint density at radius 1 is 0.815 bits per heavy atom. The third kappa shape index (κ3) is 3.90. The van der Waals surface area contributed by atoms with E-state index in [0.29, 0.717) is 12.5 Å². The van der Waals surface area contributed by atoms with Gasteiger partial charge in [0.15, 0.2) is 0 Å². The van der Waals surface area contributed by atoms with E-state index in [-0.39, 0.29) is 0 Å². The first-order valence-electron chi connectivity index (χ1n) is 9.08. The van der Waals surface area contributed by atoms with Gasteiger partial charge in [0.05, 0.1) is 5.52 Å². The van der Waals surface area contributed by atoms with Gasteiger partial charge in [0.2, 0.25) is 5.95 Å². The minimum atomic E-state index is 0.594. The number of benzene rings is 3. The van der Waals surface area contributed by atoms with E-state index in [4.69, 9.17) is 4.98 Å². The second kappa shape index (κ2) is 7.46. The molecule has 0 aliphatic heterocycles. The zero-order valence-electron chi connectivity index (χ0n) is 15.5. The predicted octanol–water partition coefficient (Wildman–Crippen LogP) is 5.60. The SMILES string of the molecule is Cc1ccc(Nc2nc(NCc3ccccc3)c3ccccc3n2)c(C)c1. The van der Waals surface area contributed by atoms with Crippen molar-refractivity contribution >= 4 is 28.4 Å². The van der Waals surface area contributed by atoms with Gasteiger partial charge in [-0.25, -0.2) is 4.98 Å². The monoisotopic (exact) mass is 354 g/mol. The molecule has 0 aliphatic carbocycles. The molecule has 0 spiro atoms. The first kappa shape index (κ1) is 17.0. The van der Waals surface area contributed by atoms with Crippen LogP contribution in [0.3, 0.4) is 0 Å². The van der Waals surface area contributed by atoms with E-state index in [1.54, 1.807) is 0 Å². The van der Waals surface area contributed by atoms with Crippen molar-refractivity contribution in [3.8, 4) is 0 Å². The van der Waals surface area contributed by atoms with E-state index in [1.165, 1.54) is 16.7 Å². The van der Waals surface area contributed by atoms with Crippen molar-refractivity contribution in [2.75, 3.05) is 10.6 Å². The van der Waals surface area contributed by atoms with Crippen molar-refractivity contribution in [2.45, 2.75) is 20.4 Å². The van der Waals surface area contributed by atoms with Crippen LogP contribution in [0.1, 0.15) is 16.7 Å². The highest BCUT2D eigenvalue weighted by Crippen LogP contribution is 2.25. The molecule has 0 radical (unpaired) electrons. The third-order valence-corrected chi connectivity index (χ3v) is 4.53. The van der Waals surface area contributed by atoms with Gasteiger partial charge in [0.25, 0.3) is 0 Å². The smallest absolute Gasteiger partial charge is 0.229 e. The Bertz CT molecular complexity index is 1070. The number of fused-ring (bicyclic) bond motifs is 1. The van der Waals surface area contributed by atoms with Crippen molar-refractivity contribution in [2.24, 2.45) is 0 Å². The van der Waals surface area contributed by atoms with Gasteiger partial charge >= 0.3 is 0 Å². The Hall–Kier alpha value is -3.40. The number of hydrogen-bond acceptors (Lipinski definition) is 4. The van der Waals surface area contributed by atoms with Gasteiger partial charge in [-0.15, -0.1) is 0 Å². The van der Waals surface area contributed by atoms with Crippen LogP contribution in [0, 0.1) is 13.8 Å². The van der Waals surface area contributed by atoms with Crippen molar-refractivity contribution in [3.05, 3.63) is 89.5 Å². The van der Waals surface area contributed by atoms with Crippen LogP contribution < -0.4 is 10.6 Å². The summed E-state index contributed by atoms with van der Waals surface area (Å²) in [6.45, 7) is 4.89. The Morgan fingerprint density at radius 2 is 1.59 bits per heavy atom. The van der Waals surface area contributed by atoms with Crippen molar-refractivity contribution in [3.63, 3.8) is 0 Å². The van der Waals surface area contributed by atoms with Gasteiger partial charge < -0.3 is 10.6 Å². The number of rotatable bonds is 5. The fourth-order valence-corrected chi connectivity index (χ4v) is 3.12. The summed E-state index contributed by atoms with van der Waals surface area (Å²) in [4.78, 5) is 9.43. The lowest BCUT2D eigenvalue weighted by molar-refractivity contribution is 1.10. The first-order chi connectivity index (χ1) is 13.2. The molecule has 0 bridgehead atoms. The summed E-state index contributed by atoms with van der Waals surface area (Å²) >= 11 is 0. The molecule has 4 aromatic rings. The van der Waals surface area contributed by atoms with Gasteiger partial charge in [-0.1, -0.05) is 60.2 Å². The number of nitrogens with zero attached hydrogens (tertiary/aromatic N) is 2. The summed E-state index contributed by atoms with van der Waals surface area (Å²) in [5.41, 5.74) is 5.55. The zero-order valence-corrected chi connectivity index (χ0v) is 15.5. The minimum Gasteiger partial charge on any atom is -0.365 e. The molecule has 0 saturated heterocycles. The van der Waals surface area contributed by atoms with Crippen LogP contribution in [-0.4, -0.2) is 9.97 Å². The molecule has 3 aromatic carbocycles. The second-order valence-corrected chi connectivity index (χ2v) is 6.70. The average Bonchev–Trinajstić information content (AvgIpc) is 2.69. The maximum Gasteiger partial charge on any atom is 0.229 e. The molecule has 4 heteroatoms. The third-order valence-electron chi connectivity index (χ3n) is 4.53. The minimum absolute atomic E-state index is 0.594. The fraction of sp³-hybridized carbons (Fsp3) is 0.130. The van der Waals surface area contributed by atoms with E-state index in [9.17, 15) is 0 Å². The maximum atomic E-state index is 4.74. The lowest BCUT2D eigenvalue weighted by Crippen LogP contribution is -2.06. The van der Waals surface area contributed by atoms with Crippen molar-refractivity contribution in [1.29, 1.82) is 0 Å². The molecular formula is C23H22N4. The summed E-state index contributed by atoms with van der Waals surface area (Å²) in [6, 6.07) is 24.7. The van der Waals surface area contributed by atoms with Crippen molar-refractivity contribution < 1.29 is 0 Å². The summed E-state index contributed by atoms with van der Waals surface area (Å²) in [5, 5.41) is 7.84. The molecule has 0 unspecified atom stereocenters. The van der Waals surface area contributed by atoms with Gasteiger partial charge in [-0.2, -0.15) is 4.98 Å². The van der Waals surface area contributed by atoms with Gasteiger partial charge in [0, 0.05) is 17.6 Å². The van der Waals surface area contributed by atoms with E-state index in [1.807, 2.05) is 42.5 Å². The number of aryl methyl sites for hydroxylation is 2. The van der Waals surface area contributed by atoms with E-state index < -0.39 is 0 Å². The first-order valence-corrected chi connectivity index (χ1v) is 9.08. The lowest BCUT2D eigenvalue weighted by Gasteiger charge is -2.13. The van der Waals surface area contributed by atoms with E-state index >= 15 is 0 Å². The van der Waals surface area contributed by atoms with Gasteiger partial charge in [0.1, 0.15) is 5.82 Å². The normalized spacial score (nSPS) is 10.7. The molecule has 4 rings (SSSR count). The van der Waals surface area contributed by atoms with Crippen LogP contribution in [-0.2, 0) is 6.54 Å². The summed E-state index contributed by atoms with van der Waals surface area (Å²) < 4.78 is 0. The number of hydrogen-bond donors (Lipinski definition) is 2. The molecule has 0 amide bonds. The van der Waals surface area contributed by atoms with Crippen LogP contribution in [0.15, 0.2) is 72.8 Å². The summed E-state index contributed by atoms with van der Waals surface area (Å²) in [5.74, 6) is 1.42. The summed E-state index contributed by atoms with van der Waals surface area (Å²) in [6.07, 6.45) is 0. The number of anilines is 3. The molecule has 1 aromatic heterocycles. The topological polar surface area (TPSA) is 49.8 Å². The highest BCUT2D eigenvalue weighted by atomic mass is 15.1. The van der Waals surface area contributed by atoms with Crippen LogP contribution in [0.25, 0.3) is 10.9 Å². The Balaban J connectivity index is 1.67. The van der Waals surface area contributed by atoms with Crippen molar-refractivity contribution in [1.82, 2.24) is 9.97 Å². The van der Waals surface area contributed by atoms with Crippen LogP contribution in [0.5, 0.6) is 0 Å². The van der Waals surface area contributed by atoms with Crippen LogP contribution in [0.2, 0.25) is 0 Å². The van der Waals surface area contributed by atoms with E-state index in [2.05, 4.69) is 59.8 Å². The lowest BCUT2D eigenvalue weighted by atomic mass is 10.1. The number of para-hydroxylation sites is 1. The maximum absolute atomic E-state index is 4.74. The molecule has 1 heterocycles. The summed E-state index contributed by atoms with van der Waals surface area (Å²) in [7, 11) is 0. The molecule has 27 heavy (non-hydrogen) atoms. The molecule has 0 aliphatic rings.